The predicted octanol–water partition coefficient (Wildman–Crippen LogP) is 5.01. The molecule has 0 spiro atoms. The van der Waals surface area contributed by atoms with Crippen molar-refractivity contribution in [3.05, 3.63) is 74.3 Å². The number of aromatic amines is 2. The number of thiophene rings is 1. The second-order valence-corrected chi connectivity index (χ2v) is 10.1. The number of H-pyrrole nitrogens is 2. The number of hydrogen-bond acceptors (Lipinski definition) is 6. The highest BCUT2D eigenvalue weighted by Crippen LogP contribution is 2.35. The quantitative estimate of drug-likeness (QED) is 0.276. The van der Waals surface area contributed by atoms with Gasteiger partial charge in [0, 0.05) is 10.4 Å². The van der Waals surface area contributed by atoms with Crippen molar-refractivity contribution in [1.82, 2.24) is 24.7 Å². The van der Waals surface area contributed by atoms with Gasteiger partial charge in [-0.05, 0) is 29.4 Å². The number of carboxylic acids is 1. The van der Waals surface area contributed by atoms with Crippen LogP contribution >= 0.6 is 23.1 Å². The SMILES string of the molecule is CCSc1nc2c(C)sc(C(=O)O)c2n1Cc1ccc(-c2ccccc2-c2n[nH]c(=O)[nH]2)cc1. The molecule has 0 bridgehead atoms. The van der Waals surface area contributed by atoms with Crippen molar-refractivity contribution >= 4 is 40.1 Å². The molecule has 34 heavy (non-hydrogen) atoms. The summed E-state index contributed by atoms with van der Waals surface area (Å²) in [6, 6.07) is 15.9. The summed E-state index contributed by atoms with van der Waals surface area (Å²) in [5.74, 6) is 0.400. The lowest BCUT2D eigenvalue weighted by atomic mass is 9.98. The summed E-state index contributed by atoms with van der Waals surface area (Å²) in [7, 11) is 0. The van der Waals surface area contributed by atoms with Gasteiger partial charge in [0.1, 0.15) is 10.4 Å². The Morgan fingerprint density at radius 1 is 1.15 bits per heavy atom. The van der Waals surface area contributed by atoms with Gasteiger partial charge in [-0.1, -0.05) is 67.2 Å². The van der Waals surface area contributed by atoms with Crippen LogP contribution in [0.4, 0.5) is 0 Å². The van der Waals surface area contributed by atoms with Gasteiger partial charge in [-0.15, -0.1) is 11.3 Å². The van der Waals surface area contributed by atoms with Crippen LogP contribution in [0.3, 0.4) is 0 Å². The van der Waals surface area contributed by atoms with Crippen LogP contribution < -0.4 is 5.69 Å². The monoisotopic (exact) mass is 491 g/mol. The molecule has 0 aliphatic carbocycles. The lowest BCUT2D eigenvalue weighted by Crippen LogP contribution is -2.04. The van der Waals surface area contributed by atoms with E-state index in [1.807, 2.05) is 60.0 Å². The van der Waals surface area contributed by atoms with Gasteiger partial charge in [-0.2, -0.15) is 5.10 Å². The van der Waals surface area contributed by atoms with E-state index < -0.39 is 5.97 Å². The largest absolute Gasteiger partial charge is 0.477 e. The Kier molecular flexibility index (Phi) is 5.84. The maximum Gasteiger partial charge on any atom is 0.348 e. The van der Waals surface area contributed by atoms with Gasteiger partial charge in [-0.25, -0.2) is 19.7 Å². The lowest BCUT2D eigenvalue weighted by molar-refractivity contribution is 0.0703. The maximum absolute atomic E-state index is 11.9. The van der Waals surface area contributed by atoms with E-state index >= 15 is 0 Å². The van der Waals surface area contributed by atoms with Crippen molar-refractivity contribution in [1.29, 1.82) is 0 Å². The lowest BCUT2D eigenvalue weighted by Gasteiger charge is -2.11. The van der Waals surface area contributed by atoms with E-state index in [0.717, 1.165) is 43.6 Å². The van der Waals surface area contributed by atoms with Gasteiger partial charge in [0.25, 0.3) is 0 Å². The Morgan fingerprint density at radius 3 is 2.53 bits per heavy atom. The number of aryl methyl sites for hydroxylation is 1. The van der Waals surface area contributed by atoms with Crippen molar-refractivity contribution in [3.8, 4) is 22.5 Å². The van der Waals surface area contributed by atoms with E-state index in [1.54, 1.807) is 11.8 Å². The third-order valence-electron chi connectivity index (χ3n) is 5.49. The standard InChI is InChI=1S/C24H21N5O3S2/c1-3-33-24-25-18-13(2)34-20(22(30)31)19(18)29(24)12-14-8-10-15(11-9-14)16-6-4-5-7-17(16)21-26-23(32)28-27-21/h4-11H,3,12H2,1-2H3,(H,30,31)(H2,26,27,28,32). The fourth-order valence-corrected chi connectivity index (χ4v) is 5.66. The Bertz CT molecular complexity index is 1560. The van der Waals surface area contributed by atoms with Crippen LogP contribution in [-0.2, 0) is 6.54 Å². The molecular weight excluding hydrogens is 470 g/mol. The molecule has 0 aliphatic heterocycles. The zero-order valence-corrected chi connectivity index (χ0v) is 20.1. The molecule has 5 aromatic rings. The first-order valence-corrected chi connectivity index (χ1v) is 12.5. The molecule has 0 saturated heterocycles. The number of benzene rings is 2. The molecule has 8 nitrogen and oxygen atoms in total. The Hall–Kier alpha value is -3.63. The van der Waals surface area contributed by atoms with Crippen LogP contribution in [0.15, 0.2) is 58.5 Å². The summed E-state index contributed by atoms with van der Waals surface area (Å²) in [5, 5.41) is 17.0. The average molecular weight is 492 g/mol. The normalized spacial score (nSPS) is 11.4. The van der Waals surface area contributed by atoms with Gasteiger partial charge >= 0.3 is 11.7 Å². The number of fused-ring (bicyclic) bond motifs is 1. The Morgan fingerprint density at radius 2 is 1.88 bits per heavy atom. The topological polar surface area (TPSA) is 117 Å². The zero-order valence-electron chi connectivity index (χ0n) is 18.5. The number of carbonyl (C=O) groups is 1. The number of aromatic nitrogens is 5. The molecule has 3 heterocycles. The number of rotatable bonds is 7. The second kappa shape index (κ2) is 8.96. The molecule has 172 valence electrons. The minimum Gasteiger partial charge on any atom is -0.477 e. The van der Waals surface area contributed by atoms with Crippen molar-refractivity contribution < 1.29 is 9.90 Å². The molecule has 2 aromatic carbocycles. The van der Waals surface area contributed by atoms with Crippen LogP contribution in [0.1, 0.15) is 27.0 Å². The number of thioether (sulfide) groups is 1. The second-order valence-electron chi connectivity index (χ2n) is 7.67. The van der Waals surface area contributed by atoms with Crippen LogP contribution in [0.25, 0.3) is 33.5 Å². The molecule has 0 radical (unpaired) electrons. The molecule has 0 saturated carbocycles. The van der Waals surface area contributed by atoms with Crippen LogP contribution in [0, 0.1) is 6.92 Å². The average Bonchev–Trinajstić information content (AvgIpc) is 3.51. The van der Waals surface area contributed by atoms with Gasteiger partial charge in [0.15, 0.2) is 11.0 Å². The molecule has 0 atom stereocenters. The molecule has 0 fully saturated rings. The highest BCUT2D eigenvalue weighted by molar-refractivity contribution is 7.99. The highest BCUT2D eigenvalue weighted by Gasteiger charge is 2.23. The first kappa shape index (κ1) is 22.2. The van der Waals surface area contributed by atoms with Crippen molar-refractivity contribution in [2.75, 3.05) is 5.75 Å². The minimum atomic E-state index is -0.930. The van der Waals surface area contributed by atoms with Gasteiger partial charge in [0.05, 0.1) is 12.1 Å². The minimum absolute atomic E-state index is 0.321. The maximum atomic E-state index is 11.9. The van der Waals surface area contributed by atoms with Gasteiger partial charge in [0.2, 0.25) is 0 Å². The number of carboxylic acid groups (broad SMARTS) is 1. The first-order chi connectivity index (χ1) is 16.5. The van der Waals surface area contributed by atoms with Crippen LogP contribution in [-0.4, -0.2) is 41.6 Å². The summed E-state index contributed by atoms with van der Waals surface area (Å²) in [4.78, 5) is 32.1. The molecule has 3 aromatic heterocycles. The molecular formula is C24H21N5O3S2. The third-order valence-corrected chi connectivity index (χ3v) is 7.42. The summed E-state index contributed by atoms with van der Waals surface area (Å²) < 4.78 is 2.01. The molecule has 5 rings (SSSR count). The number of imidazole rings is 1. The summed E-state index contributed by atoms with van der Waals surface area (Å²) in [6.45, 7) is 4.49. The molecule has 0 amide bonds. The molecule has 0 unspecified atom stereocenters. The van der Waals surface area contributed by atoms with Gasteiger partial charge < -0.3 is 9.67 Å². The van der Waals surface area contributed by atoms with E-state index in [0.29, 0.717) is 22.8 Å². The van der Waals surface area contributed by atoms with Crippen molar-refractivity contribution in [3.63, 3.8) is 0 Å². The smallest absolute Gasteiger partial charge is 0.348 e. The van der Waals surface area contributed by atoms with Crippen LogP contribution in [0.5, 0.6) is 0 Å². The fraction of sp³-hybridized carbons (Fsp3) is 0.167. The Labute approximate surface area is 202 Å². The number of hydrogen-bond donors (Lipinski definition) is 3. The van der Waals surface area contributed by atoms with E-state index in [2.05, 4.69) is 22.1 Å². The highest BCUT2D eigenvalue weighted by atomic mass is 32.2. The van der Waals surface area contributed by atoms with E-state index in [4.69, 9.17) is 4.98 Å². The van der Waals surface area contributed by atoms with Crippen molar-refractivity contribution in [2.24, 2.45) is 0 Å². The fourth-order valence-electron chi connectivity index (χ4n) is 4.00. The zero-order chi connectivity index (χ0) is 23.8. The summed E-state index contributed by atoms with van der Waals surface area (Å²) >= 11 is 2.88. The molecule has 3 N–H and O–H groups in total. The predicted molar refractivity (Wildman–Crippen MR) is 135 cm³/mol. The molecule has 0 aliphatic rings. The molecule has 10 heteroatoms. The summed E-state index contributed by atoms with van der Waals surface area (Å²) in [5.41, 5.74) is 4.89. The van der Waals surface area contributed by atoms with E-state index in [9.17, 15) is 14.7 Å². The van der Waals surface area contributed by atoms with Crippen molar-refractivity contribution in [2.45, 2.75) is 25.5 Å². The van der Waals surface area contributed by atoms with E-state index in [-0.39, 0.29) is 5.69 Å². The first-order valence-electron chi connectivity index (χ1n) is 10.7. The number of nitrogens with zero attached hydrogens (tertiary/aromatic N) is 3. The van der Waals surface area contributed by atoms with Crippen LogP contribution in [0.2, 0.25) is 0 Å². The number of nitrogens with one attached hydrogen (secondary N) is 2. The van der Waals surface area contributed by atoms with E-state index in [1.165, 1.54) is 11.3 Å². The summed E-state index contributed by atoms with van der Waals surface area (Å²) in [6.07, 6.45) is 0. The third kappa shape index (κ3) is 3.95. The van der Waals surface area contributed by atoms with Gasteiger partial charge in [-0.3, -0.25) is 4.98 Å². The number of aromatic carboxylic acids is 1. The Balaban J connectivity index is 1.52.